The fourth-order valence-corrected chi connectivity index (χ4v) is 2.28. The lowest BCUT2D eigenvalue weighted by Crippen LogP contribution is -2.04. The van der Waals surface area contributed by atoms with E-state index in [1.807, 2.05) is 37.3 Å². The zero-order valence-corrected chi connectivity index (χ0v) is 10.7. The fourth-order valence-electron chi connectivity index (χ4n) is 2.28. The summed E-state index contributed by atoms with van der Waals surface area (Å²) in [4.78, 5) is 11.7. The largest absolute Gasteiger partial charge is 0.462 e. The second-order valence-corrected chi connectivity index (χ2v) is 4.48. The van der Waals surface area contributed by atoms with Gasteiger partial charge in [0.2, 0.25) is 0 Å². The van der Waals surface area contributed by atoms with Crippen LogP contribution in [0.3, 0.4) is 0 Å². The minimum atomic E-state index is -0.266. The summed E-state index contributed by atoms with van der Waals surface area (Å²) in [5.41, 5.74) is 0.602. The van der Waals surface area contributed by atoms with Gasteiger partial charge in [0, 0.05) is 0 Å². The summed E-state index contributed by atoms with van der Waals surface area (Å²) < 4.78 is 5.03. The number of rotatable bonds is 2. The first-order chi connectivity index (χ1) is 9.28. The highest BCUT2D eigenvalue weighted by atomic mass is 16.5. The van der Waals surface area contributed by atoms with Gasteiger partial charge in [0.05, 0.1) is 12.2 Å². The molecule has 0 spiro atoms. The Bertz CT molecular complexity index is 759. The summed E-state index contributed by atoms with van der Waals surface area (Å²) in [5, 5.41) is 4.57. The summed E-state index contributed by atoms with van der Waals surface area (Å²) in [7, 11) is 0. The summed E-state index contributed by atoms with van der Waals surface area (Å²) in [6.45, 7) is 2.21. The first-order valence-corrected chi connectivity index (χ1v) is 6.37. The molecule has 94 valence electrons. The number of fused-ring (bicyclic) bond motifs is 2. The van der Waals surface area contributed by atoms with Crippen LogP contribution in [0.25, 0.3) is 21.5 Å². The Balaban J connectivity index is 2.16. The van der Waals surface area contributed by atoms with Gasteiger partial charge in [0.15, 0.2) is 0 Å². The molecule has 3 aromatic carbocycles. The van der Waals surface area contributed by atoms with Crippen molar-refractivity contribution in [1.82, 2.24) is 0 Å². The van der Waals surface area contributed by atoms with Crippen molar-refractivity contribution in [3.05, 3.63) is 60.2 Å². The maximum Gasteiger partial charge on any atom is 0.338 e. The molecule has 2 heteroatoms. The van der Waals surface area contributed by atoms with E-state index >= 15 is 0 Å². The average Bonchev–Trinajstić information content (AvgIpc) is 2.44. The van der Waals surface area contributed by atoms with Crippen molar-refractivity contribution in [2.45, 2.75) is 6.92 Å². The lowest BCUT2D eigenvalue weighted by molar-refractivity contribution is 0.0526. The van der Waals surface area contributed by atoms with Crippen LogP contribution in [0.4, 0.5) is 0 Å². The van der Waals surface area contributed by atoms with Crippen LogP contribution >= 0.6 is 0 Å². The third-order valence-corrected chi connectivity index (χ3v) is 3.22. The smallest absolute Gasteiger partial charge is 0.338 e. The molecule has 0 radical (unpaired) electrons. The Morgan fingerprint density at radius 3 is 2.21 bits per heavy atom. The number of carbonyl (C=O) groups is 1. The predicted octanol–water partition coefficient (Wildman–Crippen LogP) is 4.17. The molecule has 0 unspecified atom stereocenters. The quantitative estimate of drug-likeness (QED) is 0.504. The Labute approximate surface area is 111 Å². The van der Waals surface area contributed by atoms with Crippen molar-refractivity contribution in [1.29, 1.82) is 0 Å². The van der Waals surface area contributed by atoms with Crippen molar-refractivity contribution in [2.75, 3.05) is 6.61 Å². The average molecular weight is 250 g/mol. The van der Waals surface area contributed by atoms with Crippen molar-refractivity contribution in [3.8, 4) is 0 Å². The highest BCUT2D eigenvalue weighted by molar-refractivity contribution is 6.01. The summed E-state index contributed by atoms with van der Waals surface area (Å²) in [6, 6.07) is 18.1. The van der Waals surface area contributed by atoms with Crippen LogP contribution < -0.4 is 0 Å². The van der Waals surface area contributed by atoms with E-state index in [1.54, 1.807) is 0 Å². The summed E-state index contributed by atoms with van der Waals surface area (Å²) >= 11 is 0. The molecular formula is C17H14O2. The molecule has 0 aromatic heterocycles. The third-order valence-electron chi connectivity index (χ3n) is 3.22. The van der Waals surface area contributed by atoms with Crippen LogP contribution in [-0.4, -0.2) is 12.6 Å². The van der Waals surface area contributed by atoms with Crippen LogP contribution in [0.15, 0.2) is 54.6 Å². The Kier molecular flexibility index (Phi) is 2.92. The molecule has 0 aliphatic heterocycles. The molecule has 2 nitrogen and oxygen atoms in total. The zero-order valence-electron chi connectivity index (χ0n) is 10.7. The van der Waals surface area contributed by atoms with Crippen molar-refractivity contribution >= 4 is 27.5 Å². The normalized spacial score (nSPS) is 10.8. The molecule has 0 atom stereocenters. The Hall–Kier alpha value is -2.35. The number of benzene rings is 3. The minimum Gasteiger partial charge on any atom is -0.462 e. The molecule has 0 saturated carbocycles. The second kappa shape index (κ2) is 4.73. The summed E-state index contributed by atoms with van der Waals surface area (Å²) in [6.07, 6.45) is 0. The van der Waals surface area contributed by atoms with Crippen LogP contribution in [0.1, 0.15) is 17.3 Å². The predicted molar refractivity (Wildman–Crippen MR) is 77.4 cm³/mol. The van der Waals surface area contributed by atoms with E-state index in [0.29, 0.717) is 12.2 Å². The zero-order chi connectivity index (χ0) is 13.2. The molecule has 3 aromatic rings. The highest BCUT2D eigenvalue weighted by Crippen LogP contribution is 2.23. The van der Waals surface area contributed by atoms with Gasteiger partial charge in [0.1, 0.15) is 0 Å². The van der Waals surface area contributed by atoms with Gasteiger partial charge >= 0.3 is 5.97 Å². The second-order valence-electron chi connectivity index (χ2n) is 4.48. The van der Waals surface area contributed by atoms with E-state index in [1.165, 1.54) is 10.8 Å². The first kappa shape index (κ1) is 11.7. The maximum atomic E-state index is 11.7. The van der Waals surface area contributed by atoms with Gasteiger partial charge in [-0.15, -0.1) is 0 Å². The van der Waals surface area contributed by atoms with Gasteiger partial charge in [0.25, 0.3) is 0 Å². The van der Waals surface area contributed by atoms with Gasteiger partial charge < -0.3 is 4.74 Å². The van der Waals surface area contributed by atoms with Gasteiger partial charge in [-0.05, 0) is 52.7 Å². The van der Waals surface area contributed by atoms with E-state index in [4.69, 9.17) is 4.74 Å². The standard InChI is InChI=1S/C17H14O2/c1-2-19-17(18)15-8-7-14-9-12-5-3-4-6-13(12)10-16(14)11-15/h3-11H,2H2,1H3. The van der Waals surface area contributed by atoms with Gasteiger partial charge in [-0.2, -0.15) is 0 Å². The molecule has 0 saturated heterocycles. The number of esters is 1. The van der Waals surface area contributed by atoms with E-state index in [-0.39, 0.29) is 5.97 Å². The molecular weight excluding hydrogens is 236 g/mol. The van der Waals surface area contributed by atoms with Gasteiger partial charge in [-0.1, -0.05) is 30.3 Å². The Morgan fingerprint density at radius 2 is 1.53 bits per heavy atom. The van der Waals surface area contributed by atoms with Crippen LogP contribution in [0, 0.1) is 0 Å². The maximum absolute atomic E-state index is 11.7. The van der Waals surface area contributed by atoms with Gasteiger partial charge in [-0.3, -0.25) is 0 Å². The molecule has 0 aliphatic carbocycles. The molecule has 0 N–H and O–H groups in total. The van der Waals surface area contributed by atoms with E-state index in [0.717, 1.165) is 10.8 Å². The summed E-state index contributed by atoms with van der Waals surface area (Å²) in [5.74, 6) is -0.266. The fraction of sp³-hybridized carbons (Fsp3) is 0.118. The topological polar surface area (TPSA) is 26.3 Å². The molecule has 0 amide bonds. The molecule has 3 rings (SSSR count). The number of ether oxygens (including phenoxy) is 1. The Morgan fingerprint density at radius 1 is 0.895 bits per heavy atom. The molecule has 0 bridgehead atoms. The number of hydrogen-bond donors (Lipinski definition) is 0. The number of hydrogen-bond acceptors (Lipinski definition) is 2. The highest BCUT2D eigenvalue weighted by Gasteiger charge is 2.07. The lowest BCUT2D eigenvalue weighted by atomic mass is 10.0. The van der Waals surface area contributed by atoms with Crippen LogP contribution in [-0.2, 0) is 4.74 Å². The monoisotopic (exact) mass is 250 g/mol. The molecule has 0 fully saturated rings. The minimum absolute atomic E-state index is 0.266. The van der Waals surface area contributed by atoms with Crippen molar-refractivity contribution < 1.29 is 9.53 Å². The van der Waals surface area contributed by atoms with Crippen molar-refractivity contribution in [3.63, 3.8) is 0 Å². The molecule has 0 heterocycles. The third kappa shape index (κ3) is 2.17. The molecule has 0 aliphatic rings. The number of carbonyl (C=O) groups excluding carboxylic acids is 1. The van der Waals surface area contributed by atoms with Gasteiger partial charge in [-0.25, -0.2) is 4.79 Å². The van der Waals surface area contributed by atoms with Crippen LogP contribution in [0.2, 0.25) is 0 Å². The SMILES string of the molecule is CCOC(=O)c1ccc2cc3ccccc3cc2c1. The van der Waals surface area contributed by atoms with Crippen LogP contribution in [0.5, 0.6) is 0 Å². The van der Waals surface area contributed by atoms with Crippen molar-refractivity contribution in [2.24, 2.45) is 0 Å². The lowest BCUT2D eigenvalue weighted by Gasteiger charge is -2.05. The van der Waals surface area contributed by atoms with E-state index in [2.05, 4.69) is 24.3 Å². The molecule has 19 heavy (non-hydrogen) atoms. The van der Waals surface area contributed by atoms with E-state index < -0.39 is 0 Å². The first-order valence-electron chi connectivity index (χ1n) is 6.37. The van der Waals surface area contributed by atoms with E-state index in [9.17, 15) is 4.79 Å².